The molecule has 4 N–H and O–H groups in total. The molecule has 1 aromatic rings. The lowest BCUT2D eigenvalue weighted by Crippen LogP contribution is -2.30. The lowest BCUT2D eigenvalue weighted by molar-refractivity contribution is -0.133. The minimum atomic E-state index is -1.05. The monoisotopic (exact) mass is 264 g/mol. The van der Waals surface area contributed by atoms with Gasteiger partial charge in [0, 0.05) is 16.6 Å². The van der Waals surface area contributed by atoms with Crippen molar-refractivity contribution in [3.63, 3.8) is 0 Å². The maximum atomic E-state index is 11.3. The number of carboxylic acid groups (broad SMARTS) is 1. The maximum Gasteiger partial charge on any atom is 0.336 e. The van der Waals surface area contributed by atoms with Crippen molar-refractivity contribution in [1.82, 2.24) is 5.32 Å². The molecule has 0 aromatic heterocycles. The highest BCUT2D eigenvalue weighted by atomic mass is 35.5. The predicted octanol–water partition coefficient (Wildman–Crippen LogP) is 2.19. The van der Waals surface area contributed by atoms with Gasteiger partial charge in [-0.2, -0.15) is 0 Å². The van der Waals surface area contributed by atoms with E-state index in [1.165, 1.54) is 0 Å². The van der Waals surface area contributed by atoms with Gasteiger partial charge in [-0.1, -0.05) is 35.9 Å². The lowest BCUT2D eigenvalue weighted by atomic mass is 9.88. The number of hydrogen-bond acceptors (Lipinski definition) is 3. The highest BCUT2D eigenvalue weighted by molar-refractivity contribution is 6.31. The van der Waals surface area contributed by atoms with Crippen molar-refractivity contribution in [3.8, 4) is 0 Å². The molecule has 18 heavy (non-hydrogen) atoms. The molecule has 1 heterocycles. The summed E-state index contributed by atoms with van der Waals surface area (Å²) in [6.07, 6.45) is 1.81. The largest absolute Gasteiger partial charge is 0.478 e. The highest BCUT2D eigenvalue weighted by Gasteiger charge is 2.28. The molecule has 0 amide bonds. The van der Waals surface area contributed by atoms with Crippen LogP contribution in [0.15, 0.2) is 47.4 Å². The third kappa shape index (κ3) is 2.19. The maximum absolute atomic E-state index is 11.3. The number of nitrogens with one attached hydrogen (secondary N) is 1. The number of aliphatic carboxylic acids is 1. The van der Waals surface area contributed by atoms with Crippen LogP contribution in [0.5, 0.6) is 0 Å². The van der Waals surface area contributed by atoms with Crippen LogP contribution in [0.4, 0.5) is 0 Å². The second-order valence-electron chi connectivity index (χ2n) is 4.11. The number of allylic oxidation sites excluding steroid dienone is 2. The van der Waals surface area contributed by atoms with Crippen LogP contribution in [-0.4, -0.2) is 11.1 Å². The van der Waals surface area contributed by atoms with E-state index in [9.17, 15) is 9.90 Å². The molecule has 2 rings (SSSR count). The molecule has 5 heteroatoms. The van der Waals surface area contributed by atoms with Crippen LogP contribution in [-0.2, 0) is 4.79 Å². The summed E-state index contributed by atoms with van der Waals surface area (Å²) in [5.41, 5.74) is 7.42. The molecule has 0 radical (unpaired) electrons. The quantitative estimate of drug-likeness (QED) is 0.765. The number of carboxylic acids is 1. The Hall–Kier alpha value is -1.94. The zero-order valence-corrected chi connectivity index (χ0v) is 10.5. The van der Waals surface area contributed by atoms with E-state index in [2.05, 4.69) is 5.32 Å². The van der Waals surface area contributed by atoms with E-state index in [-0.39, 0.29) is 11.4 Å². The standard InChI is InChI=1S/C13H13ClN2O2/c1-7-6-9(8-4-2-3-5-10(8)14)11(13(17)18)12(15)16-7/h2-6,9,16H,15H2,1H3,(H,17,18). The fourth-order valence-electron chi connectivity index (χ4n) is 2.04. The highest BCUT2D eigenvalue weighted by Crippen LogP contribution is 2.34. The average Bonchev–Trinajstić information content (AvgIpc) is 2.27. The second-order valence-corrected chi connectivity index (χ2v) is 4.51. The Morgan fingerprint density at radius 3 is 2.72 bits per heavy atom. The van der Waals surface area contributed by atoms with Crippen molar-refractivity contribution < 1.29 is 9.90 Å². The number of rotatable bonds is 2. The molecule has 4 nitrogen and oxygen atoms in total. The Labute approximate surface area is 110 Å². The first kappa shape index (κ1) is 12.5. The SMILES string of the molecule is CC1=CC(c2ccccc2Cl)C(C(=O)O)=C(N)N1. The first-order valence-corrected chi connectivity index (χ1v) is 5.81. The van der Waals surface area contributed by atoms with Gasteiger partial charge in [-0.25, -0.2) is 4.79 Å². The molecular weight excluding hydrogens is 252 g/mol. The van der Waals surface area contributed by atoms with E-state index in [4.69, 9.17) is 17.3 Å². The molecule has 1 unspecified atom stereocenters. The van der Waals surface area contributed by atoms with Crippen molar-refractivity contribution >= 4 is 17.6 Å². The average molecular weight is 265 g/mol. The Bertz CT molecular complexity index is 564. The topological polar surface area (TPSA) is 75.3 Å². The smallest absolute Gasteiger partial charge is 0.336 e. The van der Waals surface area contributed by atoms with Gasteiger partial charge in [-0.05, 0) is 18.6 Å². The van der Waals surface area contributed by atoms with Gasteiger partial charge < -0.3 is 16.2 Å². The van der Waals surface area contributed by atoms with Crippen molar-refractivity contribution in [3.05, 3.63) is 58.0 Å². The molecule has 0 spiro atoms. The number of hydrogen-bond donors (Lipinski definition) is 3. The summed E-state index contributed by atoms with van der Waals surface area (Å²) >= 11 is 6.12. The van der Waals surface area contributed by atoms with Crippen LogP contribution in [0.1, 0.15) is 18.4 Å². The minimum Gasteiger partial charge on any atom is -0.478 e. The van der Waals surface area contributed by atoms with E-state index in [1.807, 2.05) is 13.0 Å². The van der Waals surface area contributed by atoms with Crippen LogP contribution in [0.2, 0.25) is 5.02 Å². The number of nitrogens with two attached hydrogens (primary N) is 1. The van der Waals surface area contributed by atoms with E-state index in [1.54, 1.807) is 24.3 Å². The van der Waals surface area contributed by atoms with E-state index >= 15 is 0 Å². The van der Waals surface area contributed by atoms with Crippen molar-refractivity contribution in [2.45, 2.75) is 12.8 Å². The van der Waals surface area contributed by atoms with Gasteiger partial charge in [0.25, 0.3) is 0 Å². The summed E-state index contributed by atoms with van der Waals surface area (Å²) in [5, 5.41) is 12.6. The first-order chi connectivity index (χ1) is 8.50. The number of benzene rings is 1. The molecule has 0 saturated heterocycles. The molecule has 1 atom stereocenters. The zero-order chi connectivity index (χ0) is 13.3. The van der Waals surface area contributed by atoms with E-state index < -0.39 is 11.9 Å². The van der Waals surface area contributed by atoms with Gasteiger partial charge in [0.05, 0.1) is 5.57 Å². The van der Waals surface area contributed by atoms with Gasteiger partial charge >= 0.3 is 5.97 Å². The molecule has 1 aliphatic rings. The van der Waals surface area contributed by atoms with E-state index in [0.717, 1.165) is 11.3 Å². The number of carbonyl (C=O) groups is 1. The Balaban J connectivity index is 2.56. The van der Waals surface area contributed by atoms with Gasteiger partial charge in [0.2, 0.25) is 0 Å². The summed E-state index contributed by atoms with van der Waals surface area (Å²) in [6, 6.07) is 7.16. The van der Waals surface area contributed by atoms with Crippen LogP contribution in [0.25, 0.3) is 0 Å². The van der Waals surface area contributed by atoms with Gasteiger partial charge in [0.1, 0.15) is 5.82 Å². The zero-order valence-electron chi connectivity index (χ0n) is 9.77. The summed E-state index contributed by atoms with van der Waals surface area (Å²) in [5.74, 6) is -1.32. The molecule has 0 aliphatic carbocycles. The second kappa shape index (κ2) is 4.74. The Kier molecular flexibility index (Phi) is 3.30. The fourth-order valence-corrected chi connectivity index (χ4v) is 2.30. The van der Waals surface area contributed by atoms with E-state index in [0.29, 0.717) is 5.02 Å². The number of halogens is 1. The number of dihydropyridines is 1. The molecule has 1 aliphatic heterocycles. The van der Waals surface area contributed by atoms with Crippen LogP contribution in [0, 0.1) is 0 Å². The third-order valence-electron chi connectivity index (χ3n) is 2.82. The fraction of sp³-hybridized carbons (Fsp3) is 0.154. The van der Waals surface area contributed by atoms with Gasteiger partial charge in [-0.15, -0.1) is 0 Å². The third-order valence-corrected chi connectivity index (χ3v) is 3.16. The normalized spacial score (nSPS) is 19.2. The minimum absolute atomic E-state index is 0.119. The Morgan fingerprint density at radius 2 is 2.11 bits per heavy atom. The van der Waals surface area contributed by atoms with Crippen LogP contribution in [0.3, 0.4) is 0 Å². The molecule has 94 valence electrons. The van der Waals surface area contributed by atoms with Crippen molar-refractivity contribution in [2.24, 2.45) is 5.73 Å². The summed E-state index contributed by atoms with van der Waals surface area (Å²) in [4.78, 5) is 11.3. The van der Waals surface area contributed by atoms with Crippen molar-refractivity contribution in [2.75, 3.05) is 0 Å². The van der Waals surface area contributed by atoms with Gasteiger partial charge in [-0.3, -0.25) is 0 Å². The first-order valence-electron chi connectivity index (χ1n) is 5.43. The molecule has 0 bridgehead atoms. The molecular formula is C13H13ClN2O2. The lowest BCUT2D eigenvalue weighted by Gasteiger charge is -2.24. The van der Waals surface area contributed by atoms with Crippen molar-refractivity contribution in [1.29, 1.82) is 0 Å². The Morgan fingerprint density at radius 1 is 1.44 bits per heavy atom. The predicted molar refractivity (Wildman–Crippen MR) is 69.9 cm³/mol. The van der Waals surface area contributed by atoms with Crippen LogP contribution < -0.4 is 11.1 Å². The molecule has 0 saturated carbocycles. The summed E-state index contributed by atoms with van der Waals surface area (Å²) in [6.45, 7) is 1.83. The summed E-state index contributed by atoms with van der Waals surface area (Å²) < 4.78 is 0. The van der Waals surface area contributed by atoms with Gasteiger partial charge in [0.15, 0.2) is 0 Å². The molecule has 0 fully saturated rings. The van der Waals surface area contributed by atoms with Crippen LogP contribution >= 0.6 is 11.6 Å². The molecule has 1 aromatic carbocycles. The summed E-state index contributed by atoms with van der Waals surface area (Å²) in [7, 11) is 0.